The third kappa shape index (κ3) is 3.34. The van der Waals surface area contributed by atoms with Gasteiger partial charge in [0.05, 0.1) is 57.9 Å². The van der Waals surface area contributed by atoms with Crippen LogP contribution in [0.4, 0.5) is 0 Å². The Morgan fingerprint density at radius 2 is 1.81 bits per heavy atom. The van der Waals surface area contributed by atoms with E-state index in [-0.39, 0.29) is 6.04 Å². The number of hydrogen-bond donors (Lipinski definition) is 2. The highest BCUT2D eigenvalue weighted by molar-refractivity contribution is 5.68. The molecular weight excluding hydrogens is 390 g/mol. The van der Waals surface area contributed by atoms with E-state index < -0.39 is 5.72 Å². The number of para-hydroxylation sites is 1. The highest BCUT2D eigenvalue weighted by Crippen LogP contribution is 2.50. The lowest BCUT2D eigenvalue weighted by molar-refractivity contribution is -0.929. The standard InChI is InChI=1S/C25H31N3O3/c1-17(2)27-14-12-25(13-15-27)28-22(20-6-5-7-23(30-4)24(20)31-25)16-21(26-28)18-8-10-19(29-3)11-9-18/h5-11,16-17,22,26H,12-15H2,1-4H3/p+1/t22-/m1/s1. The van der Waals surface area contributed by atoms with Crippen LogP contribution in [-0.4, -0.2) is 44.1 Å². The summed E-state index contributed by atoms with van der Waals surface area (Å²) >= 11 is 0. The van der Waals surface area contributed by atoms with Crippen molar-refractivity contribution in [2.45, 2.75) is 44.5 Å². The number of piperidine rings is 1. The van der Waals surface area contributed by atoms with Gasteiger partial charge in [-0.15, -0.1) is 0 Å². The summed E-state index contributed by atoms with van der Waals surface area (Å²) in [6.07, 6.45) is 4.24. The molecule has 0 amide bonds. The van der Waals surface area contributed by atoms with Crippen LogP contribution in [-0.2, 0) is 0 Å². The molecule has 0 bridgehead atoms. The highest BCUT2D eigenvalue weighted by atomic mass is 16.5. The summed E-state index contributed by atoms with van der Waals surface area (Å²) in [6.45, 7) is 6.77. The van der Waals surface area contributed by atoms with Crippen LogP contribution in [0.25, 0.3) is 5.70 Å². The van der Waals surface area contributed by atoms with Crippen LogP contribution in [0.15, 0.2) is 48.5 Å². The first kappa shape index (κ1) is 20.2. The predicted molar refractivity (Wildman–Crippen MR) is 120 cm³/mol. The number of nitrogens with one attached hydrogen (secondary N) is 2. The fourth-order valence-electron chi connectivity index (χ4n) is 5.14. The molecule has 1 fully saturated rings. The van der Waals surface area contributed by atoms with E-state index >= 15 is 0 Å². The van der Waals surface area contributed by atoms with Crippen molar-refractivity contribution in [3.63, 3.8) is 0 Å². The first-order valence-electron chi connectivity index (χ1n) is 11.2. The maximum atomic E-state index is 6.82. The van der Waals surface area contributed by atoms with Gasteiger partial charge in [-0.2, -0.15) is 5.01 Å². The number of quaternary nitrogens is 1. The Hall–Kier alpha value is -2.70. The molecule has 1 saturated heterocycles. The summed E-state index contributed by atoms with van der Waals surface area (Å²) in [4.78, 5) is 1.64. The molecule has 0 aromatic heterocycles. The summed E-state index contributed by atoms with van der Waals surface area (Å²) in [5, 5.41) is 2.34. The van der Waals surface area contributed by atoms with Crippen LogP contribution >= 0.6 is 0 Å². The van der Waals surface area contributed by atoms with Gasteiger partial charge in [-0.25, -0.2) is 0 Å². The Balaban J connectivity index is 1.54. The van der Waals surface area contributed by atoms with E-state index in [0.717, 1.165) is 60.0 Å². The Bertz CT molecular complexity index is 978. The molecule has 2 aromatic carbocycles. The van der Waals surface area contributed by atoms with Crippen molar-refractivity contribution in [3.8, 4) is 17.2 Å². The third-order valence-electron chi connectivity index (χ3n) is 7.01. The molecule has 1 spiro atoms. The van der Waals surface area contributed by atoms with Crippen molar-refractivity contribution < 1.29 is 19.1 Å². The Labute approximate surface area is 184 Å². The van der Waals surface area contributed by atoms with E-state index in [9.17, 15) is 0 Å². The highest BCUT2D eigenvalue weighted by Gasteiger charge is 2.53. The maximum absolute atomic E-state index is 6.82. The molecule has 3 heterocycles. The predicted octanol–water partition coefficient (Wildman–Crippen LogP) is 2.78. The molecule has 31 heavy (non-hydrogen) atoms. The molecule has 5 rings (SSSR count). The van der Waals surface area contributed by atoms with E-state index in [1.807, 2.05) is 24.3 Å². The number of fused-ring (bicyclic) bond motifs is 4. The number of hydrazine groups is 1. The van der Waals surface area contributed by atoms with Crippen LogP contribution in [0.2, 0.25) is 0 Å². The van der Waals surface area contributed by atoms with Crippen molar-refractivity contribution in [2.24, 2.45) is 0 Å². The summed E-state index contributed by atoms with van der Waals surface area (Å²) < 4.78 is 17.8. The van der Waals surface area contributed by atoms with Crippen LogP contribution in [0.1, 0.15) is 43.9 Å². The maximum Gasteiger partial charge on any atom is 0.191 e. The van der Waals surface area contributed by atoms with E-state index in [0.29, 0.717) is 6.04 Å². The number of ether oxygens (including phenoxy) is 3. The number of rotatable bonds is 4. The van der Waals surface area contributed by atoms with Gasteiger partial charge in [0.25, 0.3) is 0 Å². The average molecular weight is 423 g/mol. The van der Waals surface area contributed by atoms with Crippen molar-refractivity contribution in [1.82, 2.24) is 10.4 Å². The molecule has 0 aliphatic carbocycles. The number of likely N-dealkylation sites (tertiary alicyclic amines) is 1. The Morgan fingerprint density at radius 3 is 2.45 bits per heavy atom. The number of nitrogens with zero attached hydrogens (tertiary/aromatic N) is 1. The summed E-state index contributed by atoms with van der Waals surface area (Å²) in [6, 6.07) is 15.1. The second kappa shape index (κ2) is 7.77. The van der Waals surface area contributed by atoms with E-state index in [1.54, 1.807) is 19.1 Å². The average Bonchev–Trinajstić information content (AvgIpc) is 3.26. The lowest BCUT2D eigenvalue weighted by atomic mass is 9.92. The first-order valence-corrected chi connectivity index (χ1v) is 11.2. The second-order valence-electron chi connectivity index (χ2n) is 8.98. The molecule has 6 heteroatoms. The van der Waals surface area contributed by atoms with E-state index in [4.69, 9.17) is 14.2 Å². The largest absolute Gasteiger partial charge is 0.497 e. The smallest absolute Gasteiger partial charge is 0.191 e. The number of hydrogen-bond acceptors (Lipinski definition) is 5. The summed E-state index contributed by atoms with van der Waals surface area (Å²) in [5.41, 5.74) is 6.69. The van der Waals surface area contributed by atoms with Crippen LogP contribution in [0.5, 0.6) is 17.2 Å². The quantitative estimate of drug-likeness (QED) is 0.794. The van der Waals surface area contributed by atoms with Crippen molar-refractivity contribution in [2.75, 3.05) is 27.3 Å². The van der Waals surface area contributed by atoms with Crippen LogP contribution < -0.4 is 24.5 Å². The minimum absolute atomic E-state index is 0.0940. The SMILES string of the molecule is COc1ccc(C2=C[C@@H]3c4cccc(OC)c4OC4(CC[NH+](C(C)C)CC4)N3N2)cc1. The van der Waals surface area contributed by atoms with E-state index in [2.05, 4.69) is 48.6 Å². The van der Waals surface area contributed by atoms with Gasteiger partial charge in [-0.3, -0.25) is 0 Å². The molecule has 0 saturated carbocycles. The lowest BCUT2D eigenvalue weighted by Crippen LogP contribution is -3.16. The van der Waals surface area contributed by atoms with Crippen LogP contribution in [0, 0.1) is 0 Å². The van der Waals surface area contributed by atoms with Gasteiger partial charge in [0, 0.05) is 5.56 Å². The van der Waals surface area contributed by atoms with Crippen molar-refractivity contribution in [3.05, 3.63) is 59.7 Å². The summed E-state index contributed by atoms with van der Waals surface area (Å²) in [7, 11) is 3.41. The van der Waals surface area contributed by atoms with Crippen molar-refractivity contribution in [1.29, 1.82) is 0 Å². The fourth-order valence-corrected chi connectivity index (χ4v) is 5.14. The molecule has 164 valence electrons. The monoisotopic (exact) mass is 422 g/mol. The molecule has 3 aliphatic heterocycles. The Kier molecular flexibility index (Phi) is 5.07. The minimum atomic E-state index is -0.393. The molecule has 2 N–H and O–H groups in total. The molecule has 1 atom stereocenters. The van der Waals surface area contributed by atoms with Gasteiger partial charge in [-0.05, 0) is 55.8 Å². The topological polar surface area (TPSA) is 47.4 Å². The van der Waals surface area contributed by atoms with Gasteiger partial charge in [-0.1, -0.05) is 12.1 Å². The lowest BCUT2D eigenvalue weighted by Gasteiger charge is -2.51. The van der Waals surface area contributed by atoms with Gasteiger partial charge < -0.3 is 24.5 Å². The van der Waals surface area contributed by atoms with Gasteiger partial charge in [0.1, 0.15) is 5.75 Å². The van der Waals surface area contributed by atoms with Crippen LogP contribution in [0.3, 0.4) is 0 Å². The van der Waals surface area contributed by atoms with Gasteiger partial charge >= 0.3 is 0 Å². The fraction of sp³-hybridized carbons (Fsp3) is 0.440. The van der Waals surface area contributed by atoms with E-state index in [1.165, 1.54) is 0 Å². The zero-order chi connectivity index (χ0) is 21.6. The van der Waals surface area contributed by atoms with Gasteiger partial charge in [0.15, 0.2) is 17.2 Å². The molecule has 6 nitrogen and oxygen atoms in total. The van der Waals surface area contributed by atoms with Crippen molar-refractivity contribution >= 4 is 5.70 Å². The Morgan fingerprint density at radius 1 is 1.06 bits per heavy atom. The molecule has 0 radical (unpaired) electrons. The zero-order valence-corrected chi connectivity index (χ0v) is 18.8. The molecule has 2 aromatic rings. The van der Waals surface area contributed by atoms with Gasteiger partial charge in [0.2, 0.25) is 0 Å². The number of benzene rings is 2. The minimum Gasteiger partial charge on any atom is -0.497 e. The molecule has 0 unspecified atom stereocenters. The second-order valence-corrected chi connectivity index (χ2v) is 8.98. The first-order chi connectivity index (χ1) is 15.0. The summed E-state index contributed by atoms with van der Waals surface area (Å²) in [5.74, 6) is 2.55. The third-order valence-corrected chi connectivity index (χ3v) is 7.01. The molecular formula is C25H32N3O3+. The zero-order valence-electron chi connectivity index (χ0n) is 18.8. The number of methoxy groups -OCH3 is 2. The molecule has 3 aliphatic rings. The normalized spacial score (nSPS) is 27.2.